The van der Waals surface area contributed by atoms with Gasteiger partial charge in [-0.1, -0.05) is 0 Å². The first kappa shape index (κ1) is 8.22. The summed E-state index contributed by atoms with van der Waals surface area (Å²) in [7, 11) is -4.27. The van der Waals surface area contributed by atoms with Crippen LogP contribution in [-0.4, -0.2) is 29.3 Å². The van der Waals surface area contributed by atoms with Crippen molar-refractivity contribution in [3.63, 3.8) is 0 Å². The molecule has 4 nitrogen and oxygen atoms in total. The maximum atomic E-state index is 9.82. The number of aliphatic hydroxyl groups is 1. The Morgan fingerprint density at radius 2 is 2.00 bits per heavy atom. The highest BCUT2D eigenvalue weighted by Crippen LogP contribution is 1.94. The Hall–Kier alpha value is 0.220. The molecule has 0 saturated heterocycles. The molecule has 0 aliphatic carbocycles. The van der Waals surface area contributed by atoms with E-state index in [0.29, 0.717) is 0 Å². The summed E-state index contributed by atoms with van der Waals surface area (Å²) in [5.41, 5.74) is -1.76. The summed E-state index contributed by atoms with van der Waals surface area (Å²) in [5.74, 6) is -0.293. The summed E-state index contributed by atoms with van der Waals surface area (Å²) in [4.78, 5) is 0. The molecule has 0 bridgehead atoms. The van der Waals surface area contributed by atoms with Crippen molar-refractivity contribution in [1.82, 2.24) is 0 Å². The predicted octanol–water partition coefficient (Wildman–Crippen LogP) is -0.878. The Morgan fingerprint density at radius 3 is 2.00 bits per heavy atom. The summed E-state index contributed by atoms with van der Waals surface area (Å²) in [5, 5.41) is 8.28. The van der Waals surface area contributed by atoms with E-state index >= 15 is 0 Å². The molecular weight excluding hydrogens is 152 g/mol. The van der Waals surface area contributed by atoms with E-state index in [1.165, 1.54) is 0 Å². The maximum absolute atomic E-state index is 9.82. The van der Waals surface area contributed by atoms with Gasteiger partial charge in [0.05, 0.1) is 0 Å². The fourth-order valence-electron chi connectivity index (χ4n) is 0.0942. The van der Waals surface area contributed by atoms with Crippen LogP contribution in [0.15, 0.2) is 0 Å². The number of hydrogen-bond acceptors (Lipinski definition) is 4. The topological polar surface area (TPSA) is 74.6 Å². The second-order valence-corrected chi connectivity index (χ2v) is 3.09. The normalized spacial score (nSPS) is 15.9. The molecule has 0 heterocycles. The average Bonchev–Trinajstić information content (AvgIpc) is 1.62. The molecule has 0 amide bonds. The van der Waals surface area contributed by atoms with E-state index in [0.717, 1.165) is 0 Å². The Morgan fingerprint density at radius 1 is 1.62 bits per heavy atom. The van der Waals surface area contributed by atoms with Crippen LogP contribution in [0.1, 0.15) is 0 Å². The van der Waals surface area contributed by atoms with E-state index in [4.69, 9.17) is 9.66 Å². The lowest BCUT2D eigenvalue weighted by Crippen LogP contribution is -2.20. The van der Waals surface area contributed by atoms with Gasteiger partial charge in [0.25, 0.3) is 10.1 Å². The van der Waals surface area contributed by atoms with Crippen molar-refractivity contribution in [2.24, 2.45) is 0 Å². The Labute approximate surface area is 52.7 Å². The van der Waals surface area contributed by atoms with Gasteiger partial charge in [-0.25, -0.2) is 0 Å². The first-order valence-electron chi connectivity index (χ1n) is 1.73. The fraction of sp³-hybridized carbons (Fsp3) is 1.00. The fourth-order valence-corrected chi connectivity index (χ4v) is 0.848. The highest BCUT2D eigenvalue weighted by Gasteiger charge is 2.16. The lowest BCUT2D eigenvalue weighted by atomic mass is 10.9. The zero-order valence-corrected chi connectivity index (χ0v) is 5.56. The molecule has 0 saturated carbocycles. The minimum absolute atomic E-state index is 0.293. The van der Waals surface area contributed by atoms with Crippen LogP contribution in [0.4, 0.5) is 0 Å². The maximum Gasteiger partial charge on any atom is 0.292 e. The molecule has 0 aromatic carbocycles. The van der Waals surface area contributed by atoms with Crippen LogP contribution in [-0.2, 0) is 10.1 Å². The van der Waals surface area contributed by atoms with E-state index in [1.807, 2.05) is 0 Å². The van der Waals surface area contributed by atoms with Crippen LogP contribution in [0.5, 0.6) is 0 Å². The van der Waals surface area contributed by atoms with Gasteiger partial charge >= 0.3 is 0 Å². The molecule has 0 radical (unpaired) electrons. The zero-order chi connectivity index (χ0) is 6.78. The molecule has 0 aromatic heterocycles. The molecular formula is C2H6O4S2. The minimum atomic E-state index is -4.27. The quantitative estimate of drug-likeness (QED) is 0.360. The third-order valence-corrected chi connectivity index (χ3v) is 1.95. The van der Waals surface area contributed by atoms with Gasteiger partial charge in [0, 0.05) is 5.75 Å². The average molecular weight is 158 g/mol. The Bertz CT molecular complexity index is 147. The van der Waals surface area contributed by atoms with Gasteiger partial charge in [0.1, 0.15) is 0 Å². The van der Waals surface area contributed by atoms with E-state index in [-0.39, 0.29) is 5.75 Å². The third-order valence-electron chi connectivity index (χ3n) is 0.500. The smallest absolute Gasteiger partial charge is 0.292 e. The van der Waals surface area contributed by atoms with E-state index < -0.39 is 15.6 Å². The molecule has 0 spiro atoms. The largest absolute Gasteiger partial charge is 0.374 e. The predicted molar refractivity (Wildman–Crippen MR) is 31.4 cm³/mol. The van der Waals surface area contributed by atoms with Gasteiger partial charge in [-0.3, -0.25) is 4.55 Å². The molecule has 8 heavy (non-hydrogen) atoms. The highest BCUT2D eigenvalue weighted by atomic mass is 32.2. The zero-order valence-electron chi connectivity index (χ0n) is 3.85. The molecule has 2 N–H and O–H groups in total. The lowest BCUT2D eigenvalue weighted by molar-refractivity contribution is 0.256. The number of rotatable bonds is 2. The molecule has 0 rings (SSSR count). The van der Waals surface area contributed by atoms with Crippen molar-refractivity contribution in [2.45, 2.75) is 5.44 Å². The first-order valence-corrected chi connectivity index (χ1v) is 3.87. The lowest BCUT2D eigenvalue weighted by Gasteiger charge is -1.99. The molecule has 0 aliphatic rings. The van der Waals surface area contributed by atoms with Gasteiger partial charge in [-0.2, -0.15) is 21.0 Å². The molecule has 6 heteroatoms. The van der Waals surface area contributed by atoms with Gasteiger partial charge in [0.2, 0.25) is 0 Å². The SMILES string of the molecule is O=S(=O)(O)C(O)CS. The van der Waals surface area contributed by atoms with Crippen molar-refractivity contribution >= 4 is 22.7 Å². The van der Waals surface area contributed by atoms with Crippen molar-refractivity contribution in [2.75, 3.05) is 5.75 Å². The summed E-state index contributed by atoms with van der Waals surface area (Å²) in [6, 6.07) is 0. The highest BCUT2D eigenvalue weighted by molar-refractivity contribution is 7.88. The van der Waals surface area contributed by atoms with E-state index in [2.05, 4.69) is 12.6 Å². The monoisotopic (exact) mass is 158 g/mol. The van der Waals surface area contributed by atoms with Crippen molar-refractivity contribution in [1.29, 1.82) is 0 Å². The van der Waals surface area contributed by atoms with Gasteiger partial charge < -0.3 is 5.11 Å². The van der Waals surface area contributed by atoms with Crippen LogP contribution in [0.3, 0.4) is 0 Å². The summed E-state index contributed by atoms with van der Waals surface area (Å²) >= 11 is 3.42. The molecule has 0 fully saturated rings. The number of hydrogen-bond donors (Lipinski definition) is 3. The van der Waals surface area contributed by atoms with Crippen molar-refractivity contribution < 1.29 is 18.1 Å². The second kappa shape index (κ2) is 2.67. The molecule has 0 aliphatic heterocycles. The van der Waals surface area contributed by atoms with Gasteiger partial charge in [0.15, 0.2) is 5.44 Å². The van der Waals surface area contributed by atoms with E-state index in [9.17, 15) is 8.42 Å². The summed E-state index contributed by atoms with van der Waals surface area (Å²) < 4.78 is 27.6. The summed E-state index contributed by atoms with van der Waals surface area (Å²) in [6.07, 6.45) is 0. The van der Waals surface area contributed by atoms with Gasteiger partial charge in [-0.15, -0.1) is 0 Å². The van der Waals surface area contributed by atoms with Crippen LogP contribution >= 0.6 is 12.6 Å². The van der Waals surface area contributed by atoms with Crippen LogP contribution < -0.4 is 0 Å². The van der Waals surface area contributed by atoms with Crippen molar-refractivity contribution in [3.05, 3.63) is 0 Å². The minimum Gasteiger partial charge on any atom is -0.374 e. The first-order chi connectivity index (χ1) is 3.48. The number of aliphatic hydroxyl groups excluding tert-OH is 1. The summed E-state index contributed by atoms with van der Waals surface area (Å²) in [6.45, 7) is 0. The molecule has 1 atom stereocenters. The Kier molecular flexibility index (Phi) is 2.75. The standard InChI is InChI=1S/C2H6O4S2/c3-2(1-7)8(4,5)6/h2-3,7H,1H2,(H,4,5,6). The second-order valence-electron chi connectivity index (χ2n) is 1.15. The Balaban J connectivity index is 4.04. The van der Waals surface area contributed by atoms with Crippen LogP contribution in [0, 0.1) is 0 Å². The third kappa shape index (κ3) is 2.51. The molecule has 50 valence electrons. The van der Waals surface area contributed by atoms with Crippen molar-refractivity contribution in [3.8, 4) is 0 Å². The number of thiol groups is 1. The molecule has 1 unspecified atom stereocenters. The van der Waals surface area contributed by atoms with Crippen LogP contribution in [0.2, 0.25) is 0 Å². The van der Waals surface area contributed by atoms with E-state index in [1.54, 1.807) is 0 Å². The van der Waals surface area contributed by atoms with Crippen LogP contribution in [0.25, 0.3) is 0 Å². The molecule has 0 aromatic rings. The van der Waals surface area contributed by atoms with Gasteiger partial charge in [-0.05, 0) is 0 Å².